The number of nitrogens with zero attached hydrogens (tertiary/aromatic N) is 2. The van der Waals surface area contributed by atoms with Crippen molar-refractivity contribution >= 4 is 23.2 Å². The summed E-state index contributed by atoms with van der Waals surface area (Å²) in [6.07, 6.45) is 1.51. The second-order valence-electron chi connectivity index (χ2n) is 4.11. The molecule has 0 bridgehead atoms. The highest BCUT2D eigenvalue weighted by Gasteiger charge is 2.19. The van der Waals surface area contributed by atoms with Crippen LogP contribution in [0.25, 0.3) is 5.69 Å². The summed E-state index contributed by atoms with van der Waals surface area (Å²) in [6, 6.07) is 4.37. The van der Waals surface area contributed by atoms with Gasteiger partial charge in [0, 0.05) is 5.56 Å². The molecular formula is C13H13Cl2FN2O. The number of halogens is 3. The molecule has 102 valence electrons. The fraction of sp³-hybridized carbons (Fsp3) is 0.308. The highest BCUT2D eigenvalue weighted by molar-refractivity contribution is 6.33. The van der Waals surface area contributed by atoms with E-state index in [2.05, 4.69) is 5.10 Å². The van der Waals surface area contributed by atoms with E-state index in [4.69, 9.17) is 23.2 Å². The zero-order valence-corrected chi connectivity index (χ0v) is 11.8. The molecule has 0 unspecified atom stereocenters. The first-order chi connectivity index (χ1) is 9.10. The summed E-state index contributed by atoms with van der Waals surface area (Å²) in [5.74, 6) is -0.510. The van der Waals surface area contributed by atoms with Crippen LogP contribution in [0, 0.1) is 5.82 Å². The smallest absolute Gasteiger partial charge is 0.150 e. The Labute approximate surface area is 120 Å². The number of benzene rings is 1. The molecule has 0 aliphatic rings. The van der Waals surface area contributed by atoms with Gasteiger partial charge in [-0.15, -0.1) is 0 Å². The molecular weight excluding hydrogens is 290 g/mol. The molecule has 6 heteroatoms. The van der Waals surface area contributed by atoms with E-state index in [0.717, 1.165) is 6.42 Å². The summed E-state index contributed by atoms with van der Waals surface area (Å²) in [7, 11) is 0. The van der Waals surface area contributed by atoms with Gasteiger partial charge in [0.1, 0.15) is 16.7 Å². The highest BCUT2D eigenvalue weighted by atomic mass is 35.5. The molecule has 0 spiro atoms. The lowest BCUT2D eigenvalue weighted by molar-refractivity contribution is 0.280. The van der Waals surface area contributed by atoms with Crippen molar-refractivity contribution in [3.8, 4) is 5.69 Å². The van der Waals surface area contributed by atoms with Gasteiger partial charge in [-0.3, -0.25) is 0 Å². The quantitative estimate of drug-likeness (QED) is 0.934. The topological polar surface area (TPSA) is 38.0 Å². The van der Waals surface area contributed by atoms with E-state index >= 15 is 0 Å². The van der Waals surface area contributed by atoms with Crippen molar-refractivity contribution in [1.29, 1.82) is 0 Å². The number of rotatable bonds is 4. The molecule has 2 aromatic rings. The molecule has 1 N–H and O–H groups in total. The van der Waals surface area contributed by atoms with Gasteiger partial charge < -0.3 is 5.11 Å². The van der Waals surface area contributed by atoms with Gasteiger partial charge in [0.15, 0.2) is 0 Å². The van der Waals surface area contributed by atoms with Gasteiger partial charge in [0.05, 0.1) is 17.3 Å². The first kappa shape index (κ1) is 14.3. The Morgan fingerprint density at radius 1 is 1.37 bits per heavy atom. The average Bonchev–Trinajstić information content (AvgIpc) is 2.66. The maximum Gasteiger partial charge on any atom is 0.150 e. The van der Waals surface area contributed by atoms with Crippen LogP contribution in [0.3, 0.4) is 0 Å². The van der Waals surface area contributed by atoms with Crippen LogP contribution in [0.5, 0.6) is 0 Å². The predicted octanol–water partition coefficient (Wildman–Crippen LogP) is 3.76. The molecule has 1 aromatic heterocycles. The number of aryl methyl sites for hydroxylation is 1. The Hall–Kier alpha value is -1.10. The van der Waals surface area contributed by atoms with E-state index in [0.29, 0.717) is 17.7 Å². The van der Waals surface area contributed by atoms with Crippen LogP contribution in [0.15, 0.2) is 18.2 Å². The lowest BCUT2D eigenvalue weighted by Crippen LogP contribution is -2.01. The Bertz CT molecular complexity index is 578. The second kappa shape index (κ2) is 5.90. The molecule has 1 heterocycles. The van der Waals surface area contributed by atoms with Crippen molar-refractivity contribution in [1.82, 2.24) is 9.78 Å². The third-order valence-electron chi connectivity index (χ3n) is 2.80. The molecule has 0 fully saturated rings. The molecule has 19 heavy (non-hydrogen) atoms. The minimum atomic E-state index is -0.510. The fourth-order valence-electron chi connectivity index (χ4n) is 1.91. The van der Waals surface area contributed by atoms with Crippen molar-refractivity contribution in [2.24, 2.45) is 0 Å². The molecule has 0 aliphatic heterocycles. The zero-order valence-electron chi connectivity index (χ0n) is 10.3. The maximum atomic E-state index is 13.9. The summed E-state index contributed by atoms with van der Waals surface area (Å²) in [4.78, 5) is 0. The number of aliphatic hydroxyl groups excluding tert-OH is 1. The van der Waals surface area contributed by atoms with Crippen molar-refractivity contribution in [3.05, 3.63) is 45.4 Å². The number of aliphatic hydroxyl groups is 1. The van der Waals surface area contributed by atoms with Gasteiger partial charge in [-0.25, -0.2) is 9.07 Å². The van der Waals surface area contributed by atoms with Crippen molar-refractivity contribution < 1.29 is 9.50 Å². The maximum absolute atomic E-state index is 13.9. The minimum absolute atomic E-state index is 0.103. The molecule has 0 atom stereocenters. The van der Waals surface area contributed by atoms with E-state index in [1.807, 2.05) is 6.92 Å². The molecule has 0 amide bonds. The number of aromatic nitrogens is 2. The molecule has 0 aliphatic carbocycles. The lowest BCUT2D eigenvalue weighted by Gasteiger charge is -2.06. The van der Waals surface area contributed by atoms with Gasteiger partial charge in [-0.2, -0.15) is 5.10 Å². The molecule has 0 saturated carbocycles. The van der Waals surface area contributed by atoms with E-state index in [1.54, 1.807) is 6.07 Å². The largest absolute Gasteiger partial charge is 0.391 e. The summed E-state index contributed by atoms with van der Waals surface area (Å²) < 4.78 is 15.1. The Balaban J connectivity index is 2.63. The Morgan fingerprint density at radius 3 is 2.68 bits per heavy atom. The van der Waals surface area contributed by atoms with Crippen LogP contribution in [0.2, 0.25) is 10.2 Å². The Kier molecular flexibility index (Phi) is 4.45. The van der Waals surface area contributed by atoms with E-state index in [-0.39, 0.29) is 22.5 Å². The first-order valence-corrected chi connectivity index (χ1v) is 6.67. The van der Waals surface area contributed by atoms with Gasteiger partial charge in [-0.1, -0.05) is 42.6 Å². The van der Waals surface area contributed by atoms with Crippen LogP contribution in [-0.4, -0.2) is 14.9 Å². The van der Waals surface area contributed by atoms with Crippen LogP contribution in [0.4, 0.5) is 4.39 Å². The summed E-state index contributed by atoms with van der Waals surface area (Å²) in [5, 5.41) is 14.0. The standard InChI is InChI=1S/C13H13Cl2FN2O/c1-2-4-11-8(7-19)13(15)18(17-11)12-9(14)5-3-6-10(12)16/h3,5-6,19H,2,4,7H2,1H3. The summed E-state index contributed by atoms with van der Waals surface area (Å²) in [5.41, 5.74) is 1.28. The predicted molar refractivity (Wildman–Crippen MR) is 73.5 cm³/mol. The van der Waals surface area contributed by atoms with Crippen LogP contribution >= 0.6 is 23.2 Å². The monoisotopic (exact) mass is 302 g/mol. The van der Waals surface area contributed by atoms with Crippen molar-refractivity contribution in [3.63, 3.8) is 0 Å². The number of hydrogen-bond acceptors (Lipinski definition) is 2. The normalized spacial score (nSPS) is 11.0. The third-order valence-corrected chi connectivity index (χ3v) is 3.49. The molecule has 1 aromatic carbocycles. The van der Waals surface area contributed by atoms with Gasteiger partial charge in [0.25, 0.3) is 0 Å². The Morgan fingerprint density at radius 2 is 2.11 bits per heavy atom. The van der Waals surface area contributed by atoms with Crippen molar-refractivity contribution in [2.75, 3.05) is 0 Å². The summed E-state index contributed by atoms with van der Waals surface area (Å²) in [6.45, 7) is 1.75. The van der Waals surface area contributed by atoms with E-state index in [1.165, 1.54) is 16.8 Å². The second-order valence-corrected chi connectivity index (χ2v) is 4.87. The van der Waals surface area contributed by atoms with Crippen LogP contribution < -0.4 is 0 Å². The van der Waals surface area contributed by atoms with Crippen molar-refractivity contribution in [2.45, 2.75) is 26.4 Å². The SMILES string of the molecule is CCCc1nn(-c2c(F)cccc2Cl)c(Cl)c1CO. The van der Waals surface area contributed by atoms with Crippen LogP contribution in [0.1, 0.15) is 24.6 Å². The molecule has 0 radical (unpaired) electrons. The molecule has 2 rings (SSSR count). The van der Waals surface area contributed by atoms with Gasteiger partial charge >= 0.3 is 0 Å². The first-order valence-electron chi connectivity index (χ1n) is 5.91. The lowest BCUT2D eigenvalue weighted by atomic mass is 10.2. The molecule has 0 saturated heterocycles. The van der Waals surface area contributed by atoms with Gasteiger partial charge in [0.2, 0.25) is 0 Å². The zero-order chi connectivity index (χ0) is 14.0. The van der Waals surface area contributed by atoms with E-state index in [9.17, 15) is 9.50 Å². The van der Waals surface area contributed by atoms with Crippen LogP contribution in [-0.2, 0) is 13.0 Å². The average molecular weight is 303 g/mol. The third kappa shape index (κ3) is 2.61. The molecule has 3 nitrogen and oxygen atoms in total. The number of para-hydroxylation sites is 1. The summed E-state index contributed by atoms with van der Waals surface area (Å²) >= 11 is 12.2. The van der Waals surface area contributed by atoms with Gasteiger partial charge in [-0.05, 0) is 18.6 Å². The number of hydrogen-bond donors (Lipinski definition) is 1. The van der Waals surface area contributed by atoms with E-state index < -0.39 is 5.82 Å². The fourth-order valence-corrected chi connectivity index (χ4v) is 2.44. The highest BCUT2D eigenvalue weighted by Crippen LogP contribution is 2.30. The minimum Gasteiger partial charge on any atom is -0.391 e.